The molecule has 1 aromatic rings. The average Bonchev–Trinajstić information content (AvgIpc) is 2.41. The summed E-state index contributed by atoms with van der Waals surface area (Å²) in [5.74, 6) is 0.875. The lowest BCUT2D eigenvalue weighted by Crippen LogP contribution is -2.54. The fraction of sp³-hybridized carbons (Fsp3) is 0.571. The van der Waals surface area contributed by atoms with E-state index >= 15 is 0 Å². The van der Waals surface area contributed by atoms with Crippen LogP contribution in [0.4, 0.5) is 0 Å². The van der Waals surface area contributed by atoms with E-state index in [4.69, 9.17) is 10.5 Å². The molecule has 0 aromatic heterocycles. The molecule has 1 aliphatic heterocycles. The van der Waals surface area contributed by atoms with Crippen LogP contribution in [0.15, 0.2) is 24.3 Å². The minimum atomic E-state index is 0.0451. The molecular formula is C14H23N3O. The molecule has 0 spiro atoms. The second-order valence-electron chi connectivity index (χ2n) is 5.11. The summed E-state index contributed by atoms with van der Waals surface area (Å²) in [6, 6.07) is 8.49. The Morgan fingerprint density at radius 3 is 2.50 bits per heavy atom. The maximum absolute atomic E-state index is 6.40. The van der Waals surface area contributed by atoms with E-state index in [0.29, 0.717) is 6.04 Å². The Bertz CT molecular complexity index is 379. The van der Waals surface area contributed by atoms with Crippen molar-refractivity contribution in [3.63, 3.8) is 0 Å². The second-order valence-corrected chi connectivity index (χ2v) is 5.11. The van der Waals surface area contributed by atoms with Gasteiger partial charge in [0.25, 0.3) is 0 Å². The molecule has 1 saturated heterocycles. The molecule has 2 N–H and O–H groups in total. The first kappa shape index (κ1) is 13.3. The molecule has 4 nitrogen and oxygen atoms in total. The molecular weight excluding hydrogens is 226 g/mol. The van der Waals surface area contributed by atoms with Gasteiger partial charge in [-0.2, -0.15) is 0 Å². The number of hydrogen-bond donors (Lipinski definition) is 1. The smallest absolute Gasteiger partial charge is 0.118 e. The van der Waals surface area contributed by atoms with Crippen molar-refractivity contribution in [2.75, 3.05) is 40.8 Å². The molecule has 1 fully saturated rings. The zero-order chi connectivity index (χ0) is 13.1. The van der Waals surface area contributed by atoms with Crippen molar-refractivity contribution in [3.8, 4) is 5.75 Å². The minimum Gasteiger partial charge on any atom is -0.497 e. The van der Waals surface area contributed by atoms with Crippen LogP contribution in [0.25, 0.3) is 0 Å². The number of ether oxygens (including phenoxy) is 1. The zero-order valence-corrected chi connectivity index (χ0v) is 11.5. The fourth-order valence-electron chi connectivity index (χ4n) is 2.48. The number of benzene rings is 1. The average molecular weight is 249 g/mol. The lowest BCUT2D eigenvalue weighted by atomic mass is 9.97. The van der Waals surface area contributed by atoms with Gasteiger partial charge in [0.05, 0.1) is 7.11 Å². The molecule has 1 aliphatic rings. The molecule has 1 heterocycles. The normalized spacial score (nSPS) is 23.9. The van der Waals surface area contributed by atoms with E-state index in [9.17, 15) is 0 Å². The summed E-state index contributed by atoms with van der Waals surface area (Å²) in [6.45, 7) is 3.21. The summed E-state index contributed by atoms with van der Waals surface area (Å²) in [7, 11) is 5.99. The molecule has 2 unspecified atom stereocenters. The number of nitrogens with zero attached hydrogens (tertiary/aromatic N) is 2. The van der Waals surface area contributed by atoms with Crippen molar-refractivity contribution >= 4 is 0 Å². The molecule has 0 saturated carbocycles. The first-order valence-electron chi connectivity index (χ1n) is 6.40. The topological polar surface area (TPSA) is 41.7 Å². The number of nitrogens with two attached hydrogens (primary N) is 1. The zero-order valence-electron chi connectivity index (χ0n) is 11.5. The van der Waals surface area contributed by atoms with Crippen LogP contribution in [0.2, 0.25) is 0 Å². The molecule has 0 aliphatic carbocycles. The SMILES string of the molecule is COc1ccc(C(N)C2CN(C)CCN2C)cc1. The maximum Gasteiger partial charge on any atom is 0.118 e. The quantitative estimate of drug-likeness (QED) is 0.866. The Hall–Kier alpha value is -1.10. The maximum atomic E-state index is 6.40. The lowest BCUT2D eigenvalue weighted by Gasteiger charge is -2.40. The molecule has 0 bridgehead atoms. The highest BCUT2D eigenvalue weighted by atomic mass is 16.5. The monoisotopic (exact) mass is 249 g/mol. The van der Waals surface area contributed by atoms with Crippen LogP contribution in [-0.4, -0.2) is 56.7 Å². The van der Waals surface area contributed by atoms with Crippen molar-refractivity contribution in [1.82, 2.24) is 9.80 Å². The predicted octanol–water partition coefficient (Wildman–Crippen LogP) is 0.941. The van der Waals surface area contributed by atoms with E-state index in [1.54, 1.807) is 7.11 Å². The molecule has 18 heavy (non-hydrogen) atoms. The predicted molar refractivity (Wildman–Crippen MR) is 73.8 cm³/mol. The third-order valence-electron chi connectivity index (χ3n) is 3.81. The number of piperazine rings is 1. The number of likely N-dealkylation sites (N-methyl/N-ethyl adjacent to an activating group) is 2. The molecule has 4 heteroatoms. The van der Waals surface area contributed by atoms with Crippen molar-refractivity contribution < 1.29 is 4.74 Å². The molecule has 2 atom stereocenters. The Morgan fingerprint density at radius 2 is 1.89 bits per heavy atom. The van der Waals surface area contributed by atoms with Crippen LogP contribution in [0.5, 0.6) is 5.75 Å². The summed E-state index contributed by atoms with van der Waals surface area (Å²) >= 11 is 0. The van der Waals surface area contributed by atoms with Gasteiger partial charge in [-0.1, -0.05) is 12.1 Å². The van der Waals surface area contributed by atoms with Gasteiger partial charge >= 0.3 is 0 Å². The number of hydrogen-bond acceptors (Lipinski definition) is 4. The number of methoxy groups -OCH3 is 1. The van der Waals surface area contributed by atoms with Gasteiger partial charge in [-0.15, -0.1) is 0 Å². The largest absolute Gasteiger partial charge is 0.497 e. The van der Waals surface area contributed by atoms with Gasteiger partial charge in [-0.25, -0.2) is 0 Å². The van der Waals surface area contributed by atoms with Gasteiger partial charge in [0.15, 0.2) is 0 Å². The summed E-state index contributed by atoms with van der Waals surface area (Å²) in [4.78, 5) is 4.70. The van der Waals surface area contributed by atoms with Gasteiger partial charge < -0.3 is 15.4 Å². The molecule has 0 amide bonds. The minimum absolute atomic E-state index is 0.0451. The Labute approximate surface area is 109 Å². The molecule has 100 valence electrons. The lowest BCUT2D eigenvalue weighted by molar-refractivity contribution is 0.0974. The standard InChI is InChI=1S/C14H23N3O/c1-16-8-9-17(2)13(10-16)14(15)11-4-6-12(18-3)7-5-11/h4-7,13-14H,8-10,15H2,1-3H3. The van der Waals surface area contributed by atoms with E-state index in [1.807, 2.05) is 12.1 Å². The van der Waals surface area contributed by atoms with E-state index < -0.39 is 0 Å². The highest BCUT2D eigenvalue weighted by molar-refractivity contribution is 5.29. The Kier molecular flexibility index (Phi) is 4.22. The van der Waals surface area contributed by atoms with E-state index in [2.05, 4.69) is 36.0 Å². The van der Waals surface area contributed by atoms with Gasteiger partial charge in [0.1, 0.15) is 5.75 Å². The number of rotatable bonds is 3. The third-order valence-corrected chi connectivity index (χ3v) is 3.81. The van der Waals surface area contributed by atoms with Gasteiger partial charge in [0.2, 0.25) is 0 Å². The van der Waals surface area contributed by atoms with Crippen LogP contribution < -0.4 is 10.5 Å². The van der Waals surface area contributed by atoms with Crippen molar-refractivity contribution in [3.05, 3.63) is 29.8 Å². The first-order chi connectivity index (χ1) is 8.61. The second kappa shape index (κ2) is 5.69. The van der Waals surface area contributed by atoms with Crippen LogP contribution in [0.3, 0.4) is 0 Å². The molecule has 0 radical (unpaired) electrons. The van der Waals surface area contributed by atoms with Crippen molar-refractivity contribution in [1.29, 1.82) is 0 Å². The Balaban J connectivity index is 2.10. The molecule has 2 rings (SSSR count). The van der Waals surface area contributed by atoms with Gasteiger partial charge in [-0.3, -0.25) is 4.90 Å². The van der Waals surface area contributed by atoms with Crippen molar-refractivity contribution in [2.45, 2.75) is 12.1 Å². The van der Waals surface area contributed by atoms with Crippen LogP contribution in [-0.2, 0) is 0 Å². The summed E-state index contributed by atoms with van der Waals surface area (Å²) in [6.07, 6.45) is 0. The summed E-state index contributed by atoms with van der Waals surface area (Å²) in [5.41, 5.74) is 7.57. The Morgan fingerprint density at radius 1 is 1.22 bits per heavy atom. The molecule has 1 aromatic carbocycles. The van der Waals surface area contributed by atoms with Crippen molar-refractivity contribution in [2.24, 2.45) is 5.73 Å². The van der Waals surface area contributed by atoms with E-state index in [-0.39, 0.29) is 6.04 Å². The van der Waals surface area contributed by atoms with E-state index in [0.717, 1.165) is 25.4 Å². The highest BCUT2D eigenvalue weighted by Crippen LogP contribution is 2.23. The summed E-state index contributed by atoms with van der Waals surface area (Å²) < 4.78 is 5.17. The first-order valence-corrected chi connectivity index (χ1v) is 6.40. The highest BCUT2D eigenvalue weighted by Gasteiger charge is 2.28. The van der Waals surface area contributed by atoms with E-state index in [1.165, 1.54) is 5.56 Å². The van der Waals surface area contributed by atoms with Crippen LogP contribution in [0, 0.1) is 0 Å². The van der Waals surface area contributed by atoms with Crippen LogP contribution >= 0.6 is 0 Å². The van der Waals surface area contributed by atoms with Gasteiger partial charge in [-0.05, 0) is 31.8 Å². The van der Waals surface area contributed by atoms with Gasteiger partial charge in [0, 0.05) is 31.7 Å². The van der Waals surface area contributed by atoms with Crippen LogP contribution in [0.1, 0.15) is 11.6 Å². The summed E-state index contributed by atoms with van der Waals surface area (Å²) in [5, 5.41) is 0. The fourth-order valence-corrected chi connectivity index (χ4v) is 2.48. The third kappa shape index (κ3) is 2.83.